The summed E-state index contributed by atoms with van der Waals surface area (Å²) in [6.45, 7) is 3.35. The first kappa shape index (κ1) is 24.9. The van der Waals surface area contributed by atoms with Crippen molar-refractivity contribution in [3.63, 3.8) is 0 Å². The Morgan fingerprint density at radius 1 is 1.25 bits per heavy atom. The molecule has 1 saturated carbocycles. The van der Waals surface area contributed by atoms with Crippen molar-refractivity contribution in [1.82, 2.24) is 5.32 Å². The number of para-hydroxylation sites is 2. The lowest BCUT2D eigenvalue weighted by molar-refractivity contribution is -0.124. The third kappa shape index (κ3) is 6.16. The Morgan fingerprint density at radius 3 is 2.64 bits per heavy atom. The van der Waals surface area contributed by atoms with Gasteiger partial charge in [-0.25, -0.2) is 0 Å². The highest BCUT2D eigenvalue weighted by Gasteiger charge is 2.33. The van der Waals surface area contributed by atoms with Gasteiger partial charge >= 0.3 is 0 Å². The largest absolute Gasteiger partial charge is 0.495 e. The van der Waals surface area contributed by atoms with Crippen LogP contribution >= 0.6 is 24.8 Å². The van der Waals surface area contributed by atoms with Gasteiger partial charge in [0, 0.05) is 26.1 Å². The molecule has 28 heavy (non-hydrogen) atoms. The van der Waals surface area contributed by atoms with Crippen molar-refractivity contribution in [3.8, 4) is 5.75 Å². The van der Waals surface area contributed by atoms with Gasteiger partial charge in [0.1, 0.15) is 5.75 Å². The number of anilines is 1. The van der Waals surface area contributed by atoms with Crippen molar-refractivity contribution in [2.75, 3.05) is 38.2 Å². The molecule has 1 aromatic rings. The fourth-order valence-electron chi connectivity index (χ4n) is 4.53. The van der Waals surface area contributed by atoms with Crippen LogP contribution in [0.3, 0.4) is 0 Å². The van der Waals surface area contributed by atoms with Crippen molar-refractivity contribution < 1.29 is 9.53 Å². The van der Waals surface area contributed by atoms with E-state index in [1.807, 2.05) is 18.2 Å². The molecule has 1 atom stereocenters. The molecule has 2 aliphatic rings. The molecular weight excluding hydrogens is 397 g/mol. The average molecular weight is 432 g/mol. The number of halogens is 2. The monoisotopic (exact) mass is 431 g/mol. The summed E-state index contributed by atoms with van der Waals surface area (Å²) in [5, 5.41) is 3.18. The zero-order valence-corrected chi connectivity index (χ0v) is 18.5. The van der Waals surface area contributed by atoms with Gasteiger partial charge in [0.05, 0.1) is 12.8 Å². The van der Waals surface area contributed by atoms with Crippen LogP contribution in [-0.2, 0) is 4.79 Å². The first-order valence-electron chi connectivity index (χ1n) is 10.0. The second kappa shape index (κ2) is 11.7. The van der Waals surface area contributed by atoms with Crippen molar-refractivity contribution in [2.45, 2.75) is 44.9 Å². The highest BCUT2D eigenvalue weighted by Crippen LogP contribution is 2.38. The van der Waals surface area contributed by atoms with Crippen molar-refractivity contribution in [2.24, 2.45) is 17.1 Å². The normalized spacial score (nSPS) is 20.6. The Bertz CT molecular complexity index is 609. The number of hydrogen-bond donors (Lipinski definition) is 2. The van der Waals surface area contributed by atoms with Gasteiger partial charge in [-0.2, -0.15) is 0 Å². The number of amides is 1. The summed E-state index contributed by atoms with van der Waals surface area (Å²) in [6, 6.07) is 8.15. The molecule has 5 nitrogen and oxygen atoms in total. The van der Waals surface area contributed by atoms with Crippen molar-refractivity contribution in [3.05, 3.63) is 24.3 Å². The van der Waals surface area contributed by atoms with Gasteiger partial charge in [0.2, 0.25) is 5.91 Å². The van der Waals surface area contributed by atoms with E-state index in [-0.39, 0.29) is 36.1 Å². The van der Waals surface area contributed by atoms with E-state index in [1.54, 1.807) is 7.11 Å². The molecule has 1 unspecified atom stereocenters. The molecule has 0 bridgehead atoms. The highest BCUT2D eigenvalue weighted by atomic mass is 35.5. The van der Waals surface area contributed by atoms with Gasteiger partial charge in [-0.15, -0.1) is 24.8 Å². The summed E-state index contributed by atoms with van der Waals surface area (Å²) in [7, 11) is 1.71. The number of nitrogens with two attached hydrogens (primary N) is 1. The van der Waals surface area contributed by atoms with E-state index in [4.69, 9.17) is 10.5 Å². The molecule has 2 fully saturated rings. The van der Waals surface area contributed by atoms with Gasteiger partial charge in [0.25, 0.3) is 0 Å². The first-order valence-corrected chi connectivity index (χ1v) is 10.0. The molecule has 0 radical (unpaired) electrons. The van der Waals surface area contributed by atoms with Crippen LogP contribution in [0.1, 0.15) is 44.9 Å². The lowest BCUT2D eigenvalue weighted by Gasteiger charge is -2.35. The number of rotatable bonds is 7. The predicted octanol–water partition coefficient (Wildman–Crippen LogP) is 3.78. The number of benzene rings is 1. The molecule has 3 N–H and O–H groups in total. The number of nitrogens with one attached hydrogen (secondary N) is 1. The summed E-state index contributed by atoms with van der Waals surface area (Å²) >= 11 is 0. The SMILES string of the molecule is COc1ccccc1N1CCC(CNC(=O)CC2(CN)CCCCC2)C1.Cl.Cl. The summed E-state index contributed by atoms with van der Waals surface area (Å²) in [5.41, 5.74) is 7.21. The number of carbonyl (C=O) groups is 1. The van der Waals surface area contributed by atoms with Gasteiger partial charge in [-0.3, -0.25) is 4.79 Å². The smallest absolute Gasteiger partial charge is 0.220 e. The topological polar surface area (TPSA) is 67.6 Å². The Hall–Kier alpha value is -1.17. The number of nitrogens with zero attached hydrogens (tertiary/aromatic N) is 1. The fraction of sp³-hybridized carbons (Fsp3) is 0.667. The van der Waals surface area contributed by atoms with Crippen LogP contribution in [-0.4, -0.2) is 39.2 Å². The third-order valence-electron chi connectivity index (χ3n) is 6.18. The first-order chi connectivity index (χ1) is 12.7. The molecule has 1 heterocycles. The molecule has 0 spiro atoms. The number of hydrogen-bond acceptors (Lipinski definition) is 4. The maximum atomic E-state index is 12.5. The van der Waals surface area contributed by atoms with E-state index in [0.29, 0.717) is 18.9 Å². The number of carbonyl (C=O) groups excluding carboxylic acids is 1. The summed E-state index contributed by atoms with van der Waals surface area (Å²) in [4.78, 5) is 14.8. The zero-order chi connectivity index (χ0) is 18.4. The number of methoxy groups -OCH3 is 1. The summed E-state index contributed by atoms with van der Waals surface area (Å²) in [6.07, 6.45) is 7.59. The zero-order valence-electron chi connectivity index (χ0n) is 16.8. The highest BCUT2D eigenvalue weighted by molar-refractivity contribution is 5.85. The van der Waals surface area contributed by atoms with E-state index in [9.17, 15) is 4.79 Å². The molecule has 1 aliphatic carbocycles. The lowest BCUT2D eigenvalue weighted by atomic mass is 9.71. The Balaban J connectivity index is 0.00000196. The maximum absolute atomic E-state index is 12.5. The molecule has 0 aromatic heterocycles. The third-order valence-corrected chi connectivity index (χ3v) is 6.18. The van der Waals surface area contributed by atoms with Gasteiger partial charge in [-0.1, -0.05) is 31.4 Å². The standard InChI is InChI=1S/C21H33N3O2.2ClH/c1-26-19-8-4-3-7-18(19)24-12-9-17(15-24)14-23-20(25)13-21(16-22)10-5-2-6-11-21;;/h3-4,7-8,17H,2,5-6,9-16,22H2,1H3,(H,23,25);2*1H. The van der Waals surface area contributed by atoms with E-state index < -0.39 is 0 Å². The Labute approximate surface area is 181 Å². The Kier molecular flexibility index (Phi) is 10.4. The molecule has 1 aromatic carbocycles. The minimum absolute atomic E-state index is 0. The van der Waals surface area contributed by atoms with Crippen LogP contribution in [0, 0.1) is 11.3 Å². The fourth-order valence-corrected chi connectivity index (χ4v) is 4.53. The van der Waals surface area contributed by atoms with E-state index in [0.717, 1.165) is 50.3 Å². The van der Waals surface area contributed by atoms with Crippen molar-refractivity contribution >= 4 is 36.4 Å². The van der Waals surface area contributed by atoms with E-state index in [1.165, 1.54) is 19.3 Å². The predicted molar refractivity (Wildman–Crippen MR) is 120 cm³/mol. The van der Waals surface area contributed by atoms with E-state index in [2.05, 4.69) is 16.3 Å². The minimum Gasteiger partial charge on any atom is -0.495 e. The molecule has 1 amide bonds. The molecule has 160 valence electrons. The second-order valence-corrected chi connectivity index (χ2v) is 8.02. The van der Waals surface area contributed by atoms with Gasteiger partial charge in [0.15, 0.2) is 0 Å². The maximum Gasteiger partial charge on any atom is 0.220 e. The van der Waals surface area contributed by atoms with Crippen LogP contribution in [0.5, 0.6) is 5.75 Å². The summed E-state index contributed by atoms with van der Waals surface area (Å²) in [5.74, 6) is 1.58. The molecular formula is C21H35Cl2N3O2. The lowest BCUT2D eigenvalue weighted by Crippen LogP contribution is -2.40. The number of ether oxygens (including phenoxy) is 1. The average Bonchev–Trinajstić information content (AvgIpc) is 3.16. The minimum atomic E-state index is 0. The quantitative estimate of drug-likeness (QED) is 0.688. The van der Waals surface area contributed by atoms with Crippen LogP contribution in [0.15, 0.2) is 24.3 Å². The second-order valence-electron chi connectivity index (χ2n) is 8.02. The van der Waals surface area contributed by atoms with Crippen LogP contribution in [0.2, 0.25) is 0 Å². The van der Waals surface area contributed by atoms with Crippen LogP contribution in [0.4, 0.5) is 5.69 Å². The summed E-state index contributed by atoms with van der Waals surface area (Å²) < 4.78 is 5.48. The van der Waals surface area contributed by atoms with Crippen molar-refractivity contribution in [1.29, 1.82) is 0 Å². The molecule has 7 heteroatoms. The molecule has 1 aliphatic heterocycles. The van der Waals surface area contributed by atoms with Gasteiger partial charge < -0.3 is 20.7 Å². The van der Waals surface area contributed by atoms with E-state index >= 15 is 0 Å². The van der Waals surface area contributed by atoms with Crippen LogP contribution in [0.25, 0.3) is 0 Å². The Morgan fingerprint density at radius 2 is 1.96 bits per heavy atom. The molecule has 1 saturated heterocycles. The molecule has 3 rings (SSSR count). The van der Waals surface area contributed by atoms with Crippen LogP contribution < -0.4 is 20.7 Å². The van der Waals surface area contributed by atoms with Gasteiger partial charge in [-0.05, 0) is 49.3 Å².